The van der Waals surface area contributed by atoms with Crippen molar-refractivity contribution in [1.29, 1.82) is 0 Å². The molecule has 30 heavy (non-hydrogen) atoms. The topological polar surface area (TPSA) is 125 Å². The standard InChI is InChI=1S/C20H33N5O5/c1-20(2,3)30-19(28)23-14-7-10-25(11-8-14)12-9-21-18-15(22-13-17(26)27)5-6-16(24-18)29-4/h5-6,14,22H,7-13H2,1-4H3,(H,21,24)(H,23,28)(H,26,27). The molecule has 1 aliphatic heterocycles. The average Bonchev–Trinajstić information content (AvgIpc) is 2.66. The number of likely N-dealkylation sites (tertiary alicyclic amines) is 1. The molecule has 0 radical (unpaired) electrons. The second kappa shape index (κ2) is 10.9. The third-order valence-corrected chi connectivity index (χ3v) is 4.54. The monoisotopic (exact) mass is 423 g/mol. The van der Waals surface area contributed by atoms with Gasteiger partial charge >= 0.3 is 12.1 Å². The Morgan fingerprint density at radius 3 is 2.53 bits per heavy atom. The average molecular weight is 424 g/mol. The van der Waals surface area contributed by atoms with Gasteiger partial charge in [0.1, 0.15) is 12.1 Å². The molecular formula is C20H33N5O5. The second-order valence-corrected chi connectivity index (χ2v) is 8.19. The number of aliphatic carboxylic acids is 1. The Kier molecular flexibility index (Phi) is 8.52. The molecule has 1 amide bonds. The Balaban J connectivity index is 1.77. The maximum Gasteiger partial charge on any atom is 0.407 e. The smallest absolute Gasteiger partial charge is 0.407 e. The van der Waals surface area contributed by atoms with Crippen LogP contribution in [0.5, 0.6) is 5.88 Å². The Bertz CT molecular complexity index is 714. The summed E-state index contributed by atoms with van der Waals surface area (Å²) in [5.41, 5.74) is 0.112. The summed E-state index contributed by atoms with van der Waals surface area (Å²) in [7, 11) is 1.53. The molecule has 2 rings (SSSR count). The fourth-order valence-corrected chi connectivity index (χ4v) is 3.11. The number of piperidine rings is 1. The molecule has 1 fully saturated rings. The lowest BCUT2D eigenvalue weighted by molar-refractivity contribution is -0.134. The van der Waals surface area contributed by atoms with Gasteiger partial charge in [-0.1, -0.05) is 0 Å². The SMILES string of the molecule is COc1ccc(NCC(=O)O)c(NCCN2CCC(NC(=O)OC(C)(C)C)CC2)n1. The maximum absolute atomic E-state index is 11.9. The first-order valence-electron chi connectivity index (χ1n) is 10.1. The molecule has 4 N–H and O–H groups in total. The first-order chi connectivity index (χ1) is 14.2. The zero-order chi connectivity index (χ0) is 22.1. The van der Waals surface area contributed by atoms with Crippen molar-refractivity contribution in [2.24, 2.45) is 0 Å². The van der Waals surface area contributed by atoms with Crippen LogP contribution in [0.25, 0.3) is 0 Å². The molecule has 1 aromatic rings. The minimum Gasteiger partial charge on any atom is -0.481 e. The predicted molar refractivity (Wildman–Crippen MR) is 114 cm³/mol. The van der Waals surface area contributed by atoms with E-state index in [1.807, 2.05) is 20.8 Å². The molecular weight excluding hydrogens is 390 g/mol. The fraction of sp³-hybridized carbons (Fsp3) is 0.650. The van der Waals surface area contributed by atoms with Gasteiger partial charge in [-0.2, -0.15) is 4.98 Å². The number of carbonyl (C=O) groups is 2. The van der Waals surface area contributed by atoms with Gasteiger partial charge in [0.15, 0.2) is 5.82 Å². The molecule has 0 spiro atoms. The predicted octanol–water partition coefficient (Wildman–Crippen LogP) is 1.99. The van der Waals surface area contributed by atoms with Crippen LogP contribution in [-0.4, -0.2) is 78.5 Å². The lowest BCUT2D eigenvalue weighted by Gasteiger charge is -2.32. The summed E-state index contributed by atoms with van der Waals surface area (Å²) in [5, 5.41) is 17.9. The van der Waals surface area contributed by atoms with E-state index in [9.17, 15) is 9.59 Å². The van der Waals surface area contributed by atoms with Gasteiger partial charge in [0.2, 0.25) is 5.88 Å². The van der Waals surface area contributed by atoms with Crippen molar-refractivity contribution in [2.45, 2.75) is 45.3 Å². The lowest BCUT2D eigenvalue weighted by atomic mass is 10.1. The molecule has 0 unspecified atom stereocenters. The number of anilines is 2. The highest BCUT2D eigenvalue weighted by atomic mass is 16.6. The molecule has 168 valence electrons. The summed E-state index contributed by atoms with van der Waals surface area (Å²) in [6.07, 6.45) is 1.36. The number of hydrogen-bond acceptors (Lipinski definition) is 8. The zero-order valence-corrected chi connectivity index (χ0v) is 18.2. The fourth-order valence-electron chi connectivity index (χ4n) is 3.11. The number of nitrogens with one attached hydrogen (secondary N) is 3. The van der Waals surface area contributed by atoms with Gasteiger partial charge in [0.05, 0.1) is 12.8 Å². The quantitative estimate of drug-likeness (QED) is 0.472. The summed E-state index contributed by atoms with van der Waals surface area (Å²) in [6.45, 7) is 8.55. The van der Waals surface area contributed by atoms with Gasteiger partial charge in [0.25, 0.3) is 0 Å². The maximum atomic E-state index is 11.9. The highest BCUT2D eigenvalue weighted by Gasteiger charge is 2.23. The van der Waals surface area contributed by atoms with Gasteiger partial charge in [0, 0.05) is 38.3 Å². The molecule has 0 bridgehead atoms. The van der Waals surface area contributed by atoms with Gasteiger partial charge in [-0.05, 0) is 39.7 Å². The third kappa shape index (κ3) is 8.32. The molecule has 1 aliphatic rings. The largest absolute Gasteiger partial charge is 0.481 e. The van der Waals surface area contributed by atoms with Gasteiger partial charge in [-0.15, -0.1) is 0 Å². The van der Waals surface area contributed by atoms with Crippen LogP contribution in [0.15, 0.2) is 12.1 Å². The minimum atomic E-state index is -0.945. The number of hydrogen-bond donors (Lipinski definition) is 4. The van der Waals surface area contributed by atoms with Crippen molar-refractivity contribution < 1.29 is 24.2 Å². The molecule has 1 aromatic heterocycles. The van der Waals surface area contributed by atoms with Crippen molar-refractivity contribution in [3.8, 4) is 5.88 Å². The Morgan fingerprint density at radius 1 is 1.23 bits per heavy atom. The van der Waals surface area contributed by atoms with E-state index < -0.39 is 11.6 Å². The van der Waals surface area contributed by atoms with Gasteiger partial charge in [-0.3, -0.25) is 4.79 Å². The normalized spacial score (nSPS) is 15.3. The summed E-state index contributed by atoms with van der Waals surface area (Å²) < 4.78 is 10.5. The van der Waals surface area contributed by atoms with Crippen LogP contribution in [0.3, 0.4) is 0 Å². The molecule has 2 heterocycles. The van der Waals surface area contributed by atoms with E-state index in [0.29, 0.717) is 23.9 Å². The Labute approximate surface area is 177 Å². The van der Waals surface area contributed by atoms with Crippen LogP contribution in [0.4, 0.5) is 16.3 Å². The number of ether oxygens (including phenoxy) is 2. The zero-order valence-electron chi connectivity index (χ0n) is 18.2. The minimum absolute atomic E-state index is 0.121. The van der Waals surface area contributed by atoms with Crippen LogP contribution in [-0.2, 0) is 9.53 Å². The highest BCUT2D eigenvalue weighted by Crippen LogP contribution is 2.22. The first kappa shape index (κ1) is 23.5. The molecule has 0 aromatic carbocycles. The number of nitrogens with zero attached hydrogens (tertiary/aromatic N) is 2. The number of carboxylic acids is 1. The van der Waals surface area contributed by atoms with E-state index in [1.165, 1.54) is 7.11 Å². The second-order valence-electron chi connectivity index (χ2n) is 8.19. The van der Waals surface area contributed by atoms with Crippen LogP contribution >= 0.6 is 0 Å². The van der Waals surface area contributed by atoms with Crippen molar-refractivity contribution in [3.05, 3.63) is 12.1 Å². The van der Waals surface area contributed by atoms with E-state index in [1.54, 1.807) is 12.1 Å². The van der Waals surface area contributed by atoms with Gasteiger partial charge in [-0.25, -0.2) is 4.79 Å². The van der Waals surface area contributed by atoms with E-state index in [0.717, 1.165) is 32.5 Å². The molecule has 0 aliphatic carbocycles. The Morgan fingerprint density at radius 2 is 1.93 bits per heavy atom. The van der Waals surface area contributed by atoms with Crippen LogP contribution in [0.2, 0.25) is 0 Å². The third-order valence-electron chi connectivity index (χ3n) is 4.54. The van der Waals surface area contributed by atoms with Crippen molar-refractivity contribution in [1.82, 2.24) is 15.2 Å². The summed E-state index contributed by atoms with van der Waals surface area (Å²) in [5.74, 6) is 0.0594. The van der Waals surface area contributed by atoms with Crippen molar-refractivity contribution >= 4 is 23.6 Å². The lowest BCUT2D eigenvalue weighted by Crippen LogP contribution is -2.46. The summed E-state index contributed by atoms with van der Waals surface area (Å²) >= 11 is 0. The van der Waals surface area contributed by atoms with Crippen molar-refractivity contribution in [2.75, 3.05) is 50.5 Å². The van der Waals surface area contributed by atoms with Crippen LogP contribution in [0, 0.1) is 0 Å². The highest BCUT2D eigenvalue weighted by molar-refractivity contribution is 5.75. The molecule has 10 nitrogen and oxygen atoms in total. The number of carbonyl (C=O) groups excluding carboxylic acids is 1. The van der Waals surface area contributed by atoms with Crippen LogP contribution in [0.1, 0.15) is 33.6 Å². The number of amides is 1. The van der Waals surface area contributed by atoms with E-state index in [-0.39, 0.29) is 18.7 Å². The number of alkyl carbamates (subject to hydrolysis) is 1. The molecule has 0 saturated carbocycles. The number of pyridine rings is 1. The van der Waals surface area contributed by atoms with Crippen molar-refractivity contribution in [3.63, 3.8) is 0 Å². The number of rotatable bonds is 9. The van der Waals surface area contributed by atoms with E-state index in [4.69, 9.17) is 14.6 Å². The summed E-state index contributed by atoms with van der Waals surface area (Å²) in [6, 6.07) is 3.54. The number of aromatic nitrogens is 1. The Hall–Kier alpha value is -2.75. The van der Waals surface area contributed by atoms with E-state index >= 15 is 0 Å². The molecule has 10 heteroatoms. The number of carboxylic acid groups (broad SMARTS) is 1. The number of methoxy groups -OCH3 is 1. The van der Waals surface area contributed by atoms with Crippen LogP contribution < -0.4 is 20.7 Å². The van der Waals surface area contributed by atoms with E-state index in [2.05, 4.69) is 25.8 Å². The summed E-state index contributed by atoms with van der Waals surface area (Å²) in [4.78, 5) is 29.4. The molecule has 1 saturated heterocycles. The van der Waals surface area contributed by atoms with Gasteiger partial charge < -0.3 is 35.4 Å². The molecule has 0 atom stereocenters. The first-order valence-corrected chi connectivity index (χ1v) is 10.1.